The Kier molecular flexibility index (Phi) is 4.49. The Morgan fingerprint density at radius 2 is 2.25 bits per heavy atom. The average Bonchev–Trinajstić information content (AvgIpc) is 2.63. The molecule has 1 amide bonds. The van der Waals surface area contributed by atoms with Gasteiger partial charge in [-0.25, -0.2) is 4.79 Å². The molecule has 0 radical (unpaired) electrons. The van der Waals surface area contributed by atoms with Crippen molar-refractivity contribution in [2.75, 3.05) is 0 Å². The summed E-state index contributed by atoms with van der Waals surface area (Å²) in [5.41, 5.74) is 0.878. The highest BCUT2D eigenvalue weighted by Crippen LogP contribution is 2.15. The van der Waals surface area contributed by atoms with Crippen LogP contribution >= 0.6 is 11.3 Å². The van der Waals surface area contributed by atoms with Gasteiger partial charge in [0.05, 0.1) is 4.88 Å². The molecule has 1 heterocycles. The van der Waals surface area contributed by atoms with E-state index in [1.807, 2.05) is 25.3 Å². The number of carbonyl (C=O) groups excluding carboxylic acids is 1. The summed E-state index contributed by atoms with van der Waals surface area (Å²) in [6, 6.07) is 1.05. The van der Waals surface area contributed by atoms with Crippen LogP contribution in [-0.2, 0) is 4.79 Å². The van der Waals surface area contributed by atoms with Gasteiger partial charge in [0.25, 0.3) is 5.91 Å². The highest BCUT2D eigenvalue weighted by atomic mass is 32.1. The number of amides is 1. The van der Waals surface area contributed by atoms with Crippen LogP contribution < -0.4 is 5.32 Å². The second-order valence-corrected chi connectivity index (χ2v) is 4.50. The molecule has 4 nitrogen and oxygen atoms in total. The van der Waals surface area contributed by atoms with Crippen LogP contribution in [0.3, 0.4) is 0 Å². The smallest absolute Gasteiger partial charge is 0.326 e. The van der Waals surface area contributed by atoms with Crippen LogP contribution in [0.15, 0.2) is 11.4 Å². The number of hydrogen-bond donors (Lipinski definition) is 2. The van der Waals surface area contributed by atoms with Gasteiger partial charge < -0.3 is 10.4 Å². The highest BCUT2D eigenvalue weighted by Gasteiger charge is 2.20. The van der Waals surface area contributed by atoms with Gasteiger partial charge in [0.1, 0.15) is 6.04 Å². The minimum Gasteiger partial charge on any atom is -0.480 e. The van der Waals surface area contributed by atoms with E-state index < -0.39 is 12.0 Å². The van der Waals surface area contributed by atoms with E-state index >= 15 is 0 Å². The number of hydrogen-bond acceptors (Lipinski definition) is 3. The first-order valence-electron chi connectivity index (χ1n) is 5.14. The zero-order valence-corrected chi connectivity index (χ0v) is 10.1. The molecule has 0 saturated carbocycles. The number of aliphatic carboxylic acids is 1. The van der Waals surface area contributed by atoms with Gasteiger partial charge in [-0.1, -0.05) is 13.3 Å². The lowest BCUT2D eigenvalue weighted by molar-refractivity contribution is -0.139. The third kappa shape index (κ3) is 3.06. The maximum absolute atomic E-state index is 11.8. The second kappa shape index (κ2) is 5.65. The Morgan fingerprint density at radius 1 is 1.56 bits per heavy atom. The lowest BCUT2D eigenvalue weighted by Crippen LogP contribution is -2.40. The minimum atomic E-state index is -0.982. The molecule has 1 rings (SSSR count). The summed E-state index contributed by atoms with van der Waals surface area (Å²) in [5, 5.41) is 13.3. The number of rotatable bonds is 5. The fraction of sp³-hybridized carbons (Fsp3) is 0.455. The first-order chi connectivity index (χ1) is 7.56. The number of carboxylic acid groups (broad SMARTS) is 1. The SMILES string of the molecule is CCC[C@@H](NC(=O)c1sccc1C)C(=O)O. The molecule has 1 aromatic rings. The lowest BCUT2D eigenvalue weighted by atomic mass is 10.1. The molecule has 0 spiro atoms. The van der Waals surface area contributed by atoms with E-state index in [9.17, 15) is 9.59 Å². The molecule has 1 aromatic heterocycles. The van der Waals surface area contributed by atoms with Gasteiger partial charge in [-0.2, -0.15) is 0 Å². The Labute approximate surface area is 98.3 Å². The molecule has 0 bridgehead atoms. The van der Waals surface area contributed by atoms with Crippen LogP contribution in [-0.4, -0.2) is 23.0 Å². The molecule has 1 atom stereocenters. The summed E-state index contributed by atoms with van der Waals surface area (Å²) >= 11 is 1.32. The molecule has 0 aromatic carbocycles. The van der Waals surface area contributed by atoms with Crippen LogP contribution in [0.5, 0.6) is 0 Å². The molecule has 0 aliphatic heterocycles. The molecular weight excluding hydrogens is 226 g/mol. The third-order valence-electron chi connectivity index (χ3n) is 2.25. The minimum absolute atomic E-state index is 0.298. The first-order valence-corrected chi connectivity index (χ1v) is 6.02. The molecule has 16 heavy (non-hydrogen) atoms. The zero-order chi connectivity index (χ0) is 12.1. The monoisotopic (exact) mass is 241 g/mol. The number of carboxylic acids is 1. The summed E-state index contributed by atoms with van der Waals surface area (Å²) in [5.74, 6) is -1.28. The van der Waals surface area contributed by atoms with Crippen LogP contribution in [0, 0.1) is 6.92 Å². The van der Waals surface area contributed by atoms with E-state index in [0.29, 0.717) is 11.3 Å². The van der Waals surface area contributed by atoms with Gasteiger partial charge in [0.15, 0.2) is 0 Å². The second-order valence-electron chi connectivity index (χ2n) is 3.59. The predicted molar refractivity (Wildman–Crippen MR) is 62.9 cm³/mol. The van der Waals surface area contributed by atoms with Crippen molar-refractivity contribution in [3.63, 3.8) is 0 Å². The van der Waals surface area contributed by atoms with Gasteiger partial charge in [0, 0.05) is 0 Å². The fourth-order valence-corrected chi connectivity index (χ4v) is 2.20. The van der Waals surface area contributed by atoms with Gasteiger partial charge in [-0.3, -0.25) is 4.79 Å². The molecule has 88 valence electrons. The molecule has 0 aliphatic carbocycles. The van der Waals surface area contributed by atoms with Crippen molar-refractivity contribution >= 4 is 23.2 Å². The highest BCUT2D eigenvalue weighted by molar-refractivity contribution is 7.12. The van der Waals surface area contributed by atoms with Crippen LogP contribution in [0.1, 0.15) is 35.0 Å². The van der Waals surface area contributed by atoms with Crippen molar-refractivity contribution < 1.29 is 14.7 Å². The Hall–Kier alpha value is -1.36. The lowest BCUT2D eigenvalue weighted by Gasteiger charge is -2.12. The van der Waals surface area contributed by atoms with Gasteiger partial charge in [0.2, 0.25) is 0 Å². The van der Waals surface area contributed by atoms with E-state index in [1.165, 1.54) is 11.3 Å². The van der Waals surface area contributed by atoms with Crippen LogP contribution in [0.2, 0.25) is 0 Å². The molecule has 5 heteroatoms. The van der Waals surface area contributed by atoms with E-state index in [1.54, 1.807) is 0 Å². The molecule has 0 fully saturated rings. The quantitative estimate of drug-likeness (QED) is 0.829. The standard InChI is InChI=1S/C11H15NO3S/c1-3-4-8(11(14)15)12-10(13)9-7(2)5-6-16-9/h5-6,8H,3-4H2,1-2H3,(H,12,13)(H,14,15)/t8-/m1/s1. The van der Waals surface area contributed by atoms with Crippen molar-refractivity contribution in [1.82, 2.24) is 5.32 Å². The average molecular weight is 241 g/mol. The summed E-state index contributed by atoms with van der Waals surface area (Å²) < 4.78 is 0. The fourth-order valence-electron chi connectivity index (χ4n) is 1.38. The van der Waals surface area contributed by atoms with Gasteiger partial charge in [-0.05, 0) is 30.4 Å². The normalized spacial score (nSPS) is 12.1. The Bertz CT molecular complexity index is 386. The molecule has 0 aliphatic rings. The van der Waals surface area contributed by atoms with E-state index in [0.717, 1.165) is 12.0 Å². The molecule has 0 saturated heterocycles. The van der Waals surface area contributed by atoms with Crippen LogP contribution in [0.25, 0.3) is 0 Å². The number of thiophene rings is 1. The van der Waals surface area contributed by atoms with E-state index in [4.69, 9.17) is 5.11 Å². The Balaban J connectivity index is 2.69. The first kappa shape index (κ1) is 12.7. The van der Waals surface area contributed by atoms with Gasteiger partial charge >= 0.3 is 5.97 Å². The van der Waals surface area contributed by atoms with Crippen molar-refractivity contribution in [2.24, 2.45) is 0 Å². The topological polar surface area (TPSA) is 66.4 Å². The van der Waals surface area contributed by atoms with Crippen molar-refractivity contribution in [1.29, 1.82) is 0 Å². The maximum Gasteiger partial charge on any atom is 0.326 e. The largest absolute Gasteiger partial charge is 0.480 e. The molecular formula is C11H15NO3S. The van der Waals surface area contributed by atoms with Crippen molar-refractivity contribution in [3.05, 3.63) is 21.9 Å². The summed E-state index contributed by atoms with van der Waals surface area (Å²) in [6.45, 7) is 3.72. The number of aryl methyl sites for hydroxylation is 1. The summed E-state index contributed by atoms with van der Waals surface area (Å²) in [7, 11) is 0. The maximum atomic E-state index is 11.8. The Morgan fingerprint density at radius 3 is 2.69 bits per heavy atom. The van der Waals surface area contributed by atoms with E-state index in [2.05, 4.69) is 5.32 Å². The van der Waals surface area contributed by atoms with Gasteiger partial charge in [-0.15, -0.1) is 11.3 Å². The van der Waals surface area contributed by atoms with Crippen LogP contribution in [0.4, 0.5) is 0 Å². The third-order valence-corrected chi connectivity index (χ3v) is 3.26. The number of carbonyl (C=O) groups is 2. The zero-order valence-electron chi connectivity index (χ0n) is 9.32. The summed E-state index contributed by atoms with van der Waals surface area (Å²) in [4.78, 5) is 23.2. The molecule has 2 N–H and O–H groups in total. The predicted octanol–water partition coefficient (Wildman–Crippen LogP) is 2.04. The van der Waals surface area contributed by atoms with Crippen molar-refractivity contribution in [3.8, 4) is 0 Å². The number of nitrogens with one attached hydrogen (secondary N) is 1. The molecule has 0 unspecified atom stereocenters. The summed E-state index contributed by atoms with van der Waals surface area (Å²) in [6.07, 6.45) is 1.17. The van der Waals surface area contributed by atoms with E-state index in [-0.39, 0.29) is 5.91 Å². The van der Waals surface area contributed by atoms with Crippen molar-refractivity contribution in [2.45, 2.75) is 32.7 Å².